The van der Waals surface area contributed by atoms with Gasteiger partial charge in [0.05, 0.1) is 0 Å². The summed E-state index contributed by atoms with van der Waals surface area (Å²) in [6.45, 7) is 0. The molecule has 1 aliphatic carbocycles. The molecule has 0 amide bonds. The van der Waals surface area contributed by atoms with Crippen LogP contribution >= 0.6 is 22.7 Å². The van der Waals surface area contributed by atoms with E-state index in [1.54, 1.807) is 28.8 Å². The normalized spacial score (nSPS) is 23.8. The molecular formula is C11H11NO2S3. The predicted molar refractivity (Wildman–Crippen MR) is 70.1 cm³/mol. The van der Waals surface area contributed by atoms with Crippen LogP contribution in [0.15, 0.2) is 39.2 Å². The highest BCUT2D eigenvalue weighted by Gasteiger charge is 2.42. The first-order chi connectivity index (χ1) is 8.17. The van der Waals surface area contributed by atoms with Gasteiger partial charge in [0.25, 0.3) is 0 Å². The third kappa shape index (κ3) is 2.30. The molecule has 1 saturated carbocycles. The van der Waals surface area contributed by atoms with Gasteiger partial charge in [-0.2, -0.15) is 0 Å². The molecule has 2 aromatic heterocycles. The molecule has 0 radical (unpaired) electrons. The van der Waals surface area contributed by atoms with E-state index in [1.165, 1.54) is 16.2 Å². The highest BCUT2D eigenvalue weighted by Crippen LogP contribution is 2.43. The molecule has 0 spiro atoms. The molecule has 3 nitrogen and oxygen atoms in total. The number of thiophene rings is 2. The summed E-state index contributed by atoms with van der Waals surface area (Å²) in [4.78, 5) is 1.27. The van der Waals surface area contributed by atoms with E-state index in [9.17, 15) is 8.42 Å². The van der Waals surface area contributed by atoms with Crippen molar-refractivity contribution in [2.24, 2.45) is 0 Å². The fourth-order valence-electron chi connectivity index (χ4n) is 1.82. The van der Waals surface area contributed by atoms with Gasteiger partial charge in [0, 0.05) is 16.8 Å². The van der Waals surface area contributed by atoms with Crippen LogP contribution in [0.25, 0.3) is 0 Å². The van der Waals surface area contributed by atoms with E-state index < -0.39 is 10.0 Å². The fraction of sp³-hybridized carbons (Fsp3) is 0.273. The minimum Gasteiger partial charge on any atom is -0.207 e. The van der Waals surface area contributed by atoms with Crippen LogP contribution in [0, 0.1) is 0 Å². The average molecular weight is 285 g/mol. The SMILES string of the molecule is O=S(=O)(NC1CC1c1cccs1)c1cccs1. The van der Waals surface area contributed by atoms with Gasteiger partial charge in [-0.3, -0.25) is 0 Å². The number of hydrogen-bond donors (Lipinski definition) is 1. The summed E-state index contributed by atoms with van der Waals surface area (Å²) < 4.78 is 27.1. The van der Waals surface area contributed by atoms with Crippen molar-refractivity contribution in [1.82, 2.24) is 4.72 Å². The fourth-order valence-corrected chi connectivity index (χ4v) is 5.02. The topological polar surface area (TPSA) is 46.2 Å². The van der Waals surface area contributed by atoms with E-state index in [-0.39, 0.29) is 6.04 Å². The highest BCUT2D eigenvalue weighted by molar-refractivity contribution is 7.91. The van der Waals surface area contributed by atoms with Crippen molar-refractivity contribution in [2.75, 3.05) is 0 Å². The van der Waals surface area contributed by atoms with Crippen molar-refractivity contribution in [3.63, 3.8) is 0 Å². The molecule has 1 N–H and O–H groups in total. The summed E-state index contributed by atoms with van der Waals surface area (Å²) in [6, 6.07) is 7.52. The smallest absolute Gasteiger partial charge is 0.207 e. The minimum absolute atomic E-state index is 0.0701. The van der Waals surface area contributed by atoms with E-state index in [2.05, 4.69) is 10.8 Å². The first-order valence-corrected chi connectivity index (χ1v) is 8.50. The molecule has 0 aromatic carbocycles. The number of rotatable bonds is 4. The Morgan fingerprint density at radius 1 is 1.18 bits per heavy atom. The zero-order chi connectivity index (χ0) is 11.9. The van der Waals surface area contributed by atoms with Crippen LogP contribution in [0.2, 0.25) is 0 Å². The zero-order valence-corrected chi connectivity index (χ0v) is 11.3. The molecule has 1 fully saturated rings. The van der Waals surface area contributed by atoms with Crippen LogP contribution in [0.1, 0.15) is 17.2 Å². The summed E-state index contributed by atoms with van der Waals surface area (Å²) in [7, 11) is -3.30. The van der Waals surface area contributed by atoms with Gasteiger partial charge in [-0.05, 0) is 29.3 Å². The van der Waals surface area contributed by atoms with Crippen molar-refractivity contribution in [2.45, 2.75) is 22.6 Å². The zero-order valence-electron chi connectivity index (χ0n) is 8.87. The average Bonchev–Trinajstić information content (AvgIpc) is 2.85. The lowest BCUT2D eigenvalue weighted by Gasteiger charge is -2.03. The second-order valence-electron chi connectivity index (χ2n) is 4.02. The van der Waals surface area contributed by atoms with Gasteiger partial charge in [0.1, 0.15) is 4.21 Å². The Morgan fingerprint density at radius 2 is 1.94 bits per heavy atom. The Hall–Kier alpha value is -0.690. The third-order valence-corrected chi connectivity index (χ3v) is 6.66. The first-order valence-electron chi connectivity index (χ1n) is 5.26. The van der Waals surface area contributed by atoms with E-state index >= 15 is 0 Å². The summed E-state index contributed by atoms with van der Waals surface area (Å²) in [5.41, 5.74) is 0. The predicted octanol–water partition coefficient (Wildman–Crippen LogP) is 2.64. The molecule has 2 heterocycles. The molecule has 2 unspecified atom stereocenters. The summed E-state index contributed by atoms with van der Waals surface area (Å²) in [6.07, 6.45) is 0.908. The highest BCUT2D eigenvalue weighted by atomic mass is 32.2. The van der Waals surface area contributed by atoms with Crippen LogP contribution in [0.3, 0.4) is 0 Å². The van der Waals surface area contributed by atoms with Gasteiger partial charge in [0.2, 0.25) is 10.0 Å². The minimum atomic E-state index is -3.30. The van der Waals surface area contributed by atoms with Gasteiger partial charge in [-0.1, -0.05) is 12.1 Å². The maximum atomic E-state index is 12.0. The Balaban J connectivity index is 1.70. The Labute approximate surface area is 108 Å². The quantitative estimate of drug-likeness (QED) is 0.938. The molecule has 2 atom stereocenters. The molecule has 3 rings (SSSR count). The molecule has 0 saturated heterocycles. The van der Waals surface area contributed by atoms with E-state index in [0.717, 1.165) is 6.42 Å². The van der Waals surface area contributed by atoms with E-state index in [0.29, 0.717) is 10.1 Å². The van der Waals surface area contributed by atoms with Crippen molar-refractivity contribution in [3.8, 4) is 0 Å². The number of sulfonamides is 1. The first kappa shape index (κ1) is 11.4. The monoisotopic (exact) mass is 285 g/mol. The molecule has 90 valence electrons. The van der Waals surface area contributed by atoms with E-state index in [1.807, 2.05) is 11.4 Å². The van der Waals surface area contributed by atoms with Crippen LogP contribution in [0.5, 0.6) is 0 Å². The molecular weight excluding hydrogens is 274 g/mol. The van der Waals surface area contributed by atoms with Gasteiger partial charge in [0.15, 0.2) is 0 Å². The second kappa shape index (κ2) is 4.20. The number of nitrogens with one attached hydrogen (secondary N) is 1. The molecule has 0 bridgehead atoms. The standard InChI is InChI=1S/C11H11NO2S3/c13-17(14,11-4-2-6-16-11)12-9-7-8(9)10-3-1-5-15-10/h1-6,8-9,12H,7H2. The number of hydrogen-bond acceptors (Lipinski definition) is 4. The lowest BCUT2D eigenvalue weighted by molar-refractivity contribution is 0.582. The van der Waals surface area contributed by atoms with Crippen LogP contribution < -0.4 is 4.72 Å². The molecule has 17 heavy (non-hydrogen) atoms. The van der Waals surface area contributed by atoms with Crippen molar-refractivity contribution < 1.29 is 8.42 Å². The second-order valence-corrected chi connectivity index (χ2v) is 7.89. The van der Waals surface area contributed by atoms with Crippen LogP contribution in [-0.4, -0.2) is 14.5 Å². The van der Waals surface area contributed by atoms with Crippen LogP contribution in [0.4, 0.5) is 0 Å². The maximum Gasteiger partial charge on any atom is 0.250 e. The Kier molecular flexibility index (Phi) is 2.82. The van der Waals surface area contributed by atoms with Crippen molar-refractivity contribution in [1.29, 1.82) is 0 Å². The van der Waals surface area contributed by atoms with Gasteiger partial charge in [-0.15, -0.1) is 22.7 Å². The lowest BCUT2D eigenvalue weighted by Crippen LogP contribution is -2.26. The Bertz CT molecular complexity index is 587. The maximum absolute atomic E-state index is 12.0. The van der Waals surface area contributed by atoms with Gasteiger partial charge < -0.3 is 0 Å². The van der Waals surface area contributed by atoms with Gasteiger partial charge in [-0.25, -0.2) is 13.1 Å². The summed E-state index contributed by atoms with van der Waals surface area (Å²) in [5.74, 6) is 0.365. The molecule has 6 heteroatoms. The summed E-state index contributed by atoms with van der Waals surface area (Å²) >= 11 is 2.94. The van der Waals surface area contributed by atoms with Crippen LogP contribution in [-0.2, 0) is 10.0 Å². The third-order valence-electron chi connectivity index (χ3n) is 2.77. The largest absolute Gasteiger partial charge is 0.250 e. The molecule has 2 aromatic rings. The molecule has 0 aliphatic heterocycles. The summed E-state index contributed by atoms with van der Waals surface area (Å²) in [5, 5.41) is 3.80. The Morgan fingerprint density at radius 3 is 2.59 bits per heavy atom. The van der Waals surface area contributed by atoms with E-state index in [4.69, 9.17) is 0 Å². The van der Waals surface area contributed by atoms with Crippen molar-refractivity contribution >= 4 is 32.7 Å². The van der Waals surface area contributed by atoms with Gasteiger partial charge >= 0.3 is 0 Å². The molecule has 1 aliphatic rings. The van der Waals surface area contributed by atoms with Crippen molar-refractivity contribution in [3.05, 3.63) is 39.9 Å². The lowest BCUT2D eigenvalue weighted by atomic mass is 10.3.